The van der Waals surface area contributed by atoms with E-state index < -0.39 is 0 Å². The van der Waals surface area contributed by atoms with Crippen molar-refractivity contribution in [2.24, 2.45) is 0 Å². The summed E-state index contributed by atoms with van der Waals surface area (Å²) >= 11 is 12.3. The Balaban J connectivity index is 1.42. The van der Waals surface area contributed by atoms with Crippen LogP contribution in [0.25, 0.3) is 22.4 Å². The molecular weight excluding hydrogens is 435 g/mol. The second-order valence-electron chi connectivity index (χ2n) is 7.29. The maximum Gasteiger partial charge on any atom is 0.254 e. The quantitative estimate of drug-likeness (QED) is 0.429. The normalized spacial score (nSPS) is 14.3. The fourth-order valence-electron chi connectivity index (χ4n) is 3.83. The van der Waals surface area contributed by atoms with Gasteiger partial charge in [-0.2, -0.15) is 0 Å². The number of aromatic nitrogens is 2. The molecule has 1 fully saturated rings. The van der Waals surface area contributed by atoms with Crippen LogP contribution < -0.4 is 4.90 Å². The topological polar surface area (TPSA) is 62.5 Å². The van der Waals surface area contributed by atoms with Gasteiger partial charge in [0, 0.05) is 37.8 Å². The third kappa shape index (κ3) is 3.84. The molecule has 1 aliphatic heterocycles. The molecule has 0 aliphatic carbocycles. The van der Waals surface area contributed by atoms with E-state index in [0.29, 0.717) is 59.1 Å². The smallest absolute Gasteiger partial charge is 0.254 e. The number of carbonyl (C=O) groups excluding carboxylic acids is 1. The standard InChI is InChI=1S/C23H18Cl2N4O2/c24-15-12-18(25)22(26-14-15)28-7-9-29(10-8-28)23(30)17-13-20(21-6-3-11-31-21)27-19-5-2-1-4-16(17)19/h1-6,11-14H,7-10H2. The van der Waals surface area contributed by atoms with Crippen LogP contribution in [0.1, 0.15) is 10.4 Å². The molecule has 1 amide bonds. The third-order valence-corrected chi connectivity index (χ3v) is 5.86. The van der Waals surface area contributed by atoms with Crippen molar-refractivity contribution in [2.75, 3.05) is 31.1 Å². The molecule has 4 heterocycles. The summed E-state index contributed by atoms with van der Waals surface area (Å²) < 4.78 is 5.51. The molecule has 0 bridgehead atoms. The van der Waals surface area contributed by atoms with Crippen molar-refractivity contribution in [1.82, 2.24) is 14.9 Å². The van der Waals surface area contributed by atoms with Crippen LogP contribution in [0.5, 0.6) is 0 Å². The third-order valence-electron chi connectivity index (χ3n) is 5.38. The highest BCUT2D eigenvalue weighted by atomic mass is 35.5. The number of nitrogens with zero attached hydrogens (tertiary/aromatic N) is 4. The van der Waals surface area contributed by atoms with Gasteiger partial charge in [-0.25, -0.2) is 9.97 Å². The van der Waals surface area contributed by atoms with Crippen molar-refractivity contribution in [3.05, 3.63) is 76.6 Å². The van der Waals surface area contributed by atoms with Crippen LogP contribution in [0.15, 0.2) is 65.4 Å². The molecule has 156 valence electrons. The zero-order valence-electron chi connectivity index (χ0n) is 16.5. The number of amides is 1. The molecule has 8 heteroatoms. The van der Waals surface area contributed by atoms with Crippen LogP contribution in [-0.2, 0) is 0 Å². The molecular formula is C23H18Cl2N4O2. The Morgan fingerprint density at radius 2 is 1.81 bits per heavy atom. The monoisotopic (exact) mass is 452 g/mol. The average molecular weight is 453 g/mol. The molecule has 6 nitrogen and oxygen atoms in total. The molecule has 0 unspecified atom stereocenters. The van der Waals surface area contributed by atoms with Gasteiger partial charge in [-0.05, 0) is 30.3 Å². The Bertz CT molecular complexity index is 1250. The van der Waals surface area contributed by atoms with Crippen molar-refractivity contribution in [3.63, 3.8) is 0 Å². The lowest BCUT2D eigenvalue weighted by Crippen LogP contribution is -2.49. The second kappa shape index (κ2) is 8.21. The predicted octanol–water partition coefficient (Wildman–Crippen LogP) is 5.16. The molecule has 5 rings (SSSR count). The van der Waals surface area contributed by atoms with Crippen molar-refractivity contribution in [3.8, 4) is 11.5 Å². The highest BCUT2D eigenvalue weighted by Crippen LogP contribution is 2.29. The SMILES string of the molecule is O=C(c1cc(-c2ccco2)nc2ccccc12)N1CCN(c2ncc(Cl)cc2Cl)CC1. The summed E-state index contributed by atoms with van der Waals surface area (Å²) in [6.07, 6.45) is 3.18. The maximum absolute atomic E-state index is 13.5. The first-order valence-electron chi connectivity index (χ1n) is 9.89. The van der Waals surface area contributed by atoms with E-state index in [-0.39, 0.29) is 5.91 Å². The summed E-state index contributed by atoms with van der Waals surface area (Å²) in [5.74, 6) is 1.29. The van der Waals surface area contributed by atoms with Crippen LogP contribution in [0, 0.1) is 0 Å². The lowest BCUT2D eigenvalue weighted by atomic mass is 10.0. The average Bonchev–Trinajstić information content (AvgIpc) is 3.33. The number of halogens is 2. The van der Waals surface area contributed by atoms with Crippen LogP contribution in [0.2, 0.25) is 10.0 Å². The molecule has 0 saturated carbocycles. The van der Waals surface area contributed by atoms with E-state index in [0.717, 1.165) is 10.9 Å². The van der Waals surface area contributed by atoms with Crippen molar-refractivity contribution >= 4 is 45.8 Å². The Morgan fingerprint density at radius 3 is 2.55 bits per heavy atom. The number of benzene rings is 1. The summed E-state index contributed by atoms with van der Waals surface area (Å²) in [4.78, 5) is 26.4. The molecule has 0 N–H and O–H groups in total. The molecule has 1 saturated heterocycles. The molecule has 1 aliphatic rings. The first-order valence-corrected chi connectivity index (χ1v) is 10.6. The zero-order valence-corrected chi connectivity index (χ0v) is 18.0. The van der Waals surface area contributed by atoms with Gasteiger partial charge in [0.2, 0.25) is 0 Å². The van der Waals surface area contributed by atoms with Crippen LogP contribution >= 0.6 is 23.2 Å². The summed E-state index contributed by atoms with van der Waals surface area (Å²) in [5.41, 5.74) is 2.02. The van der Waals surface area contributed by atoms with Gasteiger partial charge in [0.15, 0.2) is 5.76 Å². The first kappa shape index (κ1) is 19.8. The Kier molecular flexibility index (Phi) is 5.26. The number of pyridine rings is 2. The summed E-state index contributed by atoms with van der Waals surface area (Å²) in [7, 11) is 0. The van der Waals surface area contributed by atoms with E-state index in [1.165, 1.54) is 0 Å². The largest absolute Gasteiger partial charge is 0.463 e. The minimum Gasteiger partial charge on any atom is -0.463 e. The maximum atomic E-state index is 13.5. The fraction of sp³-hybridized carbons (Fsp3) is 0.174. The van der Waals surface area contributed by atoms with E-state index in [1.54, 1.807) is 18.5 Å². The minimum absolute atomic E-state index is 0.0266. The van der Waals surface area contributed by atoms with Crippen LogP contribution in [-0.4, -0.2) is 47.0 Å². The predicted molar refractivity (Wildman–Crippen MR) is 122 cm³/mol. The number of hydrogen-bond acceptors (Lipinski definition) is 5. The van der Waals surface area contributed by atoms with Crippen molar-refractivity contribution < 1.29 is 9.21 Å². The van der Waals surface area contributed by atoms with Crippen LogP contribution in [0.3, 0.4) is 0 Å². The van der Waals surface area contributed by atoms with Crippen LogP contribution in [0.4, 0.5) is 5.82 Å². The molecule has 31 heavy (non-hydrogen) atoms. The number of hydrogen-bond donors (Lipinski definition) is 0. The zero-order chi connectivity index (χ0) is 21.4. The number of rotatable bonds is 3. The molecule has 0 radical (unpaired) electrons. The van der Waals surface area contributed by atoms with Crippen molar-refractivity contribution in [2.45, 2.75) is 0 Å². The number of furan rings is 1. The molecule has 0 spiro atoms. The van der Waals surface area contributed by atoms with Gasteiger partial charge in [0.1, 0.15) is 11.5 Å². The number of para-hydroxylation sites is 1. The van der Waals surface area contributed by atoms with E-state index in [9.17, 15) is 4.79 Å². The fourth-order valence-corrected chi connectivity index (χ4v) is 4.33. The number of fused-ring (bicyclic) bond motifs is 1. The Morgan fingerprint density at radius 1 is 1.00 bits per heavy atom. The highest BCUT2D eigenvalue weighted by Gasteiger charge is 2.26. The molecule has 4 aromatic rings. The second-order valence-corrected chi connectivity index (χ2v) is 8.13. The molecule has 1 aromatic carbocycles. The summed E-state index contributed by atoms with van der Waals surface area (Å²) in [5, 5.41) is 1.84. The van der Waals surface area contributed by atoms with Gasteiger partial charge in [-0.15, -0.1) is 0 Å². The van der Waals surface area contributed by atoms with E-state index in [2.05, 4.69) is 14.9 Å². The number of carbonyl (C=O) groups is 1. The van der Waals surface area contributed by atoms with E-state index >= 15 is 0 Å². The van der Waals surface area contributed by atoms with Gasteiger partial charge in [-0.1, -0.05) is 41.4 Å². The molecule has 0 atom stereocenters. The number of anilines is 1. The van der Waals surface area contributed by atoms with Gasteiger partial charge in [-0.3, -0.25) is 4.79 Å². The first-order chi connectivity index (χ1) is 15.1. The highest BCUT2D eigenvalue weighted by molar-refractivity contribution is 6.36. The molecule has 3 aromatic heterocycles. The Labute approximate surface area is 189 Å². The minimum atomic E-state index is -0.0266. The van der Waals surface area contributed by atoms with Gasteiger partial charge >= 0.3 is 0 Å². The Hall–Kier alpha value is -3.09. The summed E-state index contributed by atoms with van der Waals surface area (Å²) in [6.45, 7) is 2.39. The lowest BCUT2D eigenvalue weighted by molar-refractivity contribution is 0.0748. The van der Waals surface area contributed by atoms with Crippen molar-refractivity contribution in [1.29, 1.82) is 0 Å². The van der Waals surface area contributed by atoms with Gasteiger partial charge in [0.05, 0.1) is 27.4 Å². The summed E-state index contributed by atoms with van der Waals surface area (Å²) in [6, 6.07) is 14.8. The van der Waals surface area contributed by atoms with E-state index in [4.69, 9.17) is 27.6 Å². The van der Waals surface area contributed by atoms with E-state index in [1.807, 2.05) is 47.4 Å². The number of piperazine rings is 1. The van der Waals surface area contributed by atoms with Gasteiger partial charge < -0.3 is 14.2 Å². The lowest BCUT2D eigenvalue weighted by Gasteiger charge is -2.36. The van der Waals surface area contributed by atoms with Gasteiger partial charge in [0.25, 0.3) is 5.91 Å².